The molecule has 0 aromatic heterocycles. The van der Waals surface area contributed by atoms with Crippen LogP contribution in [0.5, 0.6) is 0 Å². The summed E-state index contributed by atoms with van der Waals surface area (Å²) in [6.45, 7) is 0.296. The Hall–Kier alpha value is -1.83. The van der Waals surface area contributed by atoms with Gasteiger partial charge in [-0.25, -0.2) is 0 Å². The monoisotopic (exact) mass is 286 g/mol. The highest BCUT2D eigenvalue weighted by Gasteiger charge is 2.23. The van der Waals surface area contributed by atoms with E-state index in [0.29, 0.717) is 12.1 Å². The number of nitrogens with two attached hydrogens (primary N) is 1. The van der Waals surface area contributed by atoms with E-state index in [1.54, 1.807) is 18.2 Å². The number of hydrogen-bond donors (Lipinski definition) is 3. The molecule has 0 spiro atoms. The predicted molar refractivity (Wildman–Crippen MR) is 82.7 cm³/mol. The number of carbonyl (C=O) groups is 1. The van der Waals surface area contributed by atoms with Gasteiger partial charge in [0.05, 0.1) is 18.7 Å². The number of amides is 1. The maximum absolute atomic E-state index is 12.3. The molecule has 21 heavy (non-hydrogen) atoms. The van der Waals surface area contributed by atoms with Crippen molar-refractivity contribution in [1.82, 2.24) is 5.32 Å². The van der Waals surface area contributed by atoms with Crippen LogP contribution in [0.3, 0.4) is 0 Å². The van der Waals surface area contributed by atoms with Crippen molar-refractivity contribution >= 4 is 5.91 Å². The van der Waals surface area contributed by atoms with Crippen LogP contribution in [0.2, 0.25) is 0 Å². The third-order valence-corrected chi connectivity index (χ3v) is 3.76. The molecule has 4 heteroatoms. The molecule has 4 N–H and O–H groups in total. The first kappa shape index (κ1) is 15.6. The quantitative estimate of drug-likeness (QED) is 0.568. The number of aliphatic hydroxyl groups excluding tert-OH is 1. The predicted octanol–water partition coefficient (Wildman–Crippen LogP) is 1.42. The summed E-state index contributed by atoms with van der Waals surface area (Å²) in [6.07, 6.45) is 4.33. The second kappa shape index (κ2) is 7.82. The highest BCUT2D eigenvalue weighted by Crippen LogP contribution is 2.18. The fourth-order valence-electron chi connectivity index (χ4n) is 2.60. The fraction of sp³-hybridized carbons (Fsp3) is 0.471. The highest BCUT2D eigenvalue weighted by molar-refractivity contribution is 5.94. The number of aliphatic hydroxyl groups is 1. The Bertz CT molecular complexity index is 545. The van der Waals surface area contributed by atoms with Crippen molar-refractivity contribution in [2.24, 2.45) is 5.73 Å². The van der Waals surface area contributed by atoms with E-state index in [1.165, 1.54) is 0 Å². The SMILES string of the molecule is NCC#Cc1cccc(C(=O)NC2CCCCCC2O)c1. The molecule has 1 aromatic rings. The molecule has 112 valence electrons. The second-order valence-corrected chi connectivity index (χ2v) is 5.37. The maximum atomic E-state index is 12.3. The van der Waals surface area contributed by atoms with Crippen LogP contribution >= 0.6 is 0 Å². The van der Waals surface area contributed by atoms with E-state index in [-0.39, 0.29) is 11.9 Å². The molecule has 1 aliphatic carbocycles. The van der Waals surface area contributed by atoms with Crippen molar-refractivity contribution in [3.8, 4) is 11.8 Å². The Balaban J connectivity index is 2.05. The van der Waals surface area contributed by atoms with Crippen LogP contribution in [0.1, 0.15) is 48.0 Å². The lowest BCUT2D eigenvalue weighted by molar-refractivity contribution is 0.0819. The van der Waals surface area contributed by atoms with Gasteiger partial charge in [0.2, 0.25) is 0 Å². The van der Waals surface area contributed by atoms with Crippen molar-refractivity contribution in [1.29, 1.82) is 0 Å². The normalized spacial score (nSPS) is 21.8. The second-order valence-electron chi connectivity index (χ2n) is 5.37. The molecule has 2 rings (SSSR count). The summed E-state index contributed by atoms with van der Waals surface area (Å²) in [5.74, 6) is 5.54. The summed E-state index contributed by atoms with van der Waals surface area (Å²) in [6, 6.07) is 7.00. The van der Waals surface area contributed by atoms with Crippen LogP contribution < -0.4 is 11.1 Å². The summed E-state index contributed by atoms with van der Waals surface area (Å²) < 4.78 is 0. The standard InChI is InChI=1S/C17H22N2O2/c18-11-5-7-13-6-4-8-14(12-13)17(21)19-15-9-2-1-3-10-16(15)20/h4,6,8,12,15-16,20H,1-3,9-11,18H2,(H,19,21). The molecule has 1 aliphatic rings. The van der Waals surface area contributed by atoms with Gasteiger partial charge in [-0.05, 0) is 31.0 Å². The maximum Gasteiger partial charge on any atom is 0.251 e. The summed E-state index contributed by atoms with van der Waals surface area (Å²) in [4.78, 5) is 12.3. The van der Waals surface area contributed by atoms with Crippen molar-refractivity contribution in [2.45, 2.75) is 44.2 Å². The zero-order chi connectivity index (χ0) is 15.1. The first-order valence-electron chi connectivity index (χ1n) is 7.48. The molecule has 0 aliphatic heterocycles. The number of nitrogens with one attached hydrogen (secondary N) is 1. The summed E-state index contributed by atoms with van der Waals surface area (Å²) in [5.41, 5.74) is 6.69. The molecule has 1 fully saturated rings. The lowest BCUT2D eigenvalue weighted by Gasteiger charge is -2.21. The molecule has 0 saturated heterocycles. The van der Waals surface area contributed by atoms with E-state index in [0.717, 1.165) is 37.7 Å². The van der Waals surface area contributed by atoms with Gasteiger partial charge in [-0.15, -0.1) is 0 Å². The minimum atomic E-state index is -0.448. The summed E-state index contributed by atoms with van der Waals surface area (Å²) in [7, 11) is 0. The van der Waals surface area contributed by atoms with E-state index in [9.17, 15) is 9.90 Å². The molecule has 1 amide bonds. The Morgan fingerprint density at radius 2 is 2.14 bits per heavy atom. The minimum absolute atomic E-state index is 0.154. The van der Waals surface area contributed by atoms with Crippen LogP contribution in [0.4, 0.5) is 0 Å². The third-order valence-electron chi connectivity index (χ3n) is 3.76. The average Bonchev–Trinajstić information content (AvgIpc) is 2.70. The van der Waals surface area contributed by atoms with Gasteiger partial charge >= 0.3 is 0 Å². The Morgan fingerprint density at radius 1 is 1.33 bits per heavy atom. The molecule has 1 saturated carbocycles. The van der Waals surface area contributed by atoms with Gasteiger partial charge in [0.25, 0.3) is 5.91 Å². The molecule has 1 aromatic carbocycles. The zero-order valence-electron chi connectivity index (χ0n) is 12.1. The van der Waals surface area contributed by atoms with Gasteiger partial charge in [-0.2, -0.15) is 0 Å². The average molecular weight is 286 g/mol. The van der Waals surface area contributed by atoms with Crippen LogP contribution in [0, 0.1) is 11.8 Å². The van der Waals surface area contributed by atoms with Crippen molar-refractivity contribution < 1.29 is 9.90 Å². The Kier molecular flexibility index (Phi) is 5.79. The van der Waals surface area contributed by atoms with Gasteiger partial charge in [-0.1, -0.05) is 37.2 Å². The van der Waals surface area contributed by atoms with Crippen LogP contribution in [0.15, 0.2) is 24.3 Å². The van der Waals surface area contributed by atoms with Crippen LogP contribution in [-0.2, 0) is 0 Å². The Morgan fingerprint density at radius 3 is 2.95 bits per heavy atom. The lowest BCUT2D eigenvalue weighted by Crippen LogP contribution is -2.42. The van der Waals surface area contributed by atoms with Gasteiger partial charge in [0, 0.05) is 11.1 Å². The summed E-state index contributed by atoms with van der Waals surface area (Å²) in [5, 5.41) is 13.0. The molecule has 0 heterocycles. The van der Waals surface area contributed by atoms with E-state index in [1.807, 2.05) is 6.07 Å². The molecule has 2 atom stereocenters. The van der Waals surface area contributed by atoms with E-state index >= 15 is 0 Å². The van der Waals surface area contributed by atoms with Crippen molar-refractivity contribution in [3.05, 3.63) is 35.4 Å². The first-order valence-corrected chi connectivity index (χ1v) is 7.48. The lowest BCUT2D eigenvalue weighted by atomic mass is 10.0. The fourth-order valence-corrected chi connectivity index (χ4v) is 2.60. The van der Waals surface area contributed by atoms with E-state index in [2.05, 4.69) is 17.2 Å². The molecule has 0 bridgehead atoms. The van der Waals surface area contributed by atoms with Crippen LogP contribution in [-0.4, -0.2) is 29.7 Å². The smallest absolute Gasteiger partial charge is 0.251 e. The van der Waals surface area contributed by atoms with Gasteiger partial charge in [-0.3, -0.25) is 4.79 Å². The van der Waals surface area contributed by atoms with Crippen molar-refractivity contribution in [2.75, 3.05) is 6.54 Å². The molecule has 0 radical (unpaired) electrons. The molecular weight excluding hydrogens is 264 g/mol. The number of rotatable bonds is 2. The number of hydrogen-bond acceptors (Lipinski definition) is 3. The Labute approximate surface area is 125 Å². The molecular formula is C17H22N2O2. The number of carbonyl (C=O) groups excluding carboxylic acids is 1. The topological polar surface area (TPSA) is 75.4 Å². The largest absolute Gasteiger partial charge is 0.391 e. The first-order chi connectivity index (χ1) is 10.2. The molecule has 4 nitrogen and oxygen atoms in total. The van der Waals surface area contributed by atoms with E-state index < -0.39 is 6.10 Å². The van der Waals surface area contributed by atoms with Crippen LogP contribution in [0.25, 0.3) is 0 Å². The molecule has 2 unspecified atom stereocenters. The summed E-state index contributed by atoms with van der Waals surface area (Å²) >= 11 is 0. The third kappa shape index (κ3) is 4.59. The minimum Gasteiger partial charge on any atom is -0.391 e. The van der Waals surface area contributed by atoms with E-state index in [4.69, 9.17) is 5.73 Å². The van der Waals surface area contributed by atoms with Gasteiger partial charge < -0.3 is 16.2 Å². The zero-order valence-corrected chi connectivity index (χ0v) is 12.1. The van der Waals surface area contributed by atoms with Gasteiger partial charge in [0.15, 0.2) is 0 Å². The van der Waals surface area contributed by atoms with Crippen molar-refractivity contribution in [3.63, 3.8) is 0 Å². The van der Waals surface area contributed by atoms with Gasteiger partial charge in [0.1, 0.15) is 0 Å². The highest BCUT2D eigenvalue weighted by atomic mass is 16.3. The number of benzene rings is 1.